The van der Waals surface area contributed by atoms with Gasteiger partial charge in [0.2, 0.25) is 0 Å². The molecule has 5 atom stereocenters. The van der Waals surface area contributed by atoms with Crippen molar-refractivity contribution >= 4 is 0 Å². The quantitative estimate of drug-likeness (QED) is 0.559. The van der Waals surface area contributed by atoms with E-state index in [1.54, 1.807) is 5.57 Å². The number of fused-ring (bicyclic) bond motifs is 1. The van der Waals surface area contributed by atoms with Gasteiger partial charge in [0.05, 0.1) is 0 Å². The molecule has 4 rings (SSSR count). The number of rotatable bonds is 1. The summed E-state index contributed by atoms with van der Waals surface area (Å²) < 4.78 is 0. The summed E-state index contributed by atoms with van der Waals surface area (Å²) in [6.07, 6.45) is 6.90. The topological polar surface area (TPSA) is 0 Å². The second kappa shape index (κ2) is 2.90. The Morgan fingerprint density at radius 2 is 2.13 bits per heavy atom. The van der Waals surface area contributed by atoms with Gasteiger partial charge in [-0.15, -0.1) is 0 Å². The summed E-state index contributed by atoms with van der Waals surface area (Å²) >= 11 is 0. The Balaban J connectivity index is 1.95. The molecule has 4 aliphatic rings. The molecule has 0 saturated heterocycles. The van der Waals surface area contributed by atoms with E-state index in [4.69, 9.17) is 0 Å². The van der Waals surface area contributed by atoms with E-state index in [0.29, 0.717) is 5.41 Å². The lowest BCUT2D eigenvalue weighted by atomic mass is 9.34. The fourth-order valence-corrected chi connectivity index (χ4v) is 5.25. The van der Waals surface area contributed by atoms with Gasteiger partial charge in [0.1, 0.15) is 0 Å². The molecule has 0 amide bonds. The van der Waals surface area contributed by atoms with E-state index < -0.39 is 0 Å². The number of allylic oxidation sites excluding steroid dienone is 2. The van der Waals surface area contributed by atoms with Crippen LogP contribution in [0.25, 0.3) is 0 Å². The van der Waals surface area contributed by atoms with Gasteiger partial charge in [0.25, 0.3) is 0 Å². The second-order valence-corrected chi connectivity index (χ2v) is 6.80. The van der Waals surface area contributed by atoms with Crippen LogP contribution in [0, 0.1) is 35.0 Å². The zero-order valence-electron chi connectivity index (χ0n) is 10.6. The van der Waals surface area contributed by atoms with Gasteiger partial charge < -0.3 is 0 Å². The van der Waals surface area contributed by atoms with Crippen molar-refractivity contribution in [3.05, 3.63) is 11.6 Å². The summed E-state index contributed by atoms with van der Waals surface area (Å²) in [5, 5.41) is 0. The molecule has 0 spiro atoms. The molecule has 84 valence electrons. The third-order valence-electron chi connectivity index (χ3n) is 5.96. The standard InChI is InChI=1S/C15H24/c1-9(2)11-7-8-15(4)12-6-5-10(3)14(15)13(11)12/h5,9,11-14H,6-8H2,1-4H3/t11?,12-,13?,14+,15?/m1/s1. The van der Waals surface area contributed by atoms with Crippen LogP contribution in [0.4, 0.5) is 0 Å². The van der Waals surface area contributed by atoms with Gasteiger partial charge in [0, 0.05) is 0 Å². The first-order valence-corrected chi connectivity index (χ1v) is 6.72. The molecule has 0 aliphatic heterocycles. The summed E-state index contributed by atoms with van der Waals surface area (Å²) in [5.74, 6) is 4.96. The minimum absolute atomic E-state index is 0.703. The van der Waals surface area contributed by atoms with Crippen molar-refractivity contribution in [3.63, 3.8) is 0 Å². The van der Waals surface area contributed by atoms with E-state index in [2.05, 4.69) is 33.8 Å². The van der Waals surface area contributed by atoms with Crippen LogP contribution in [0.2, 0.25) is 0 Å². The minimum atomic E-state index is 0.703. The lowest BCUT2D eigenvalue weighted by Gasteiger charge is -2.70. The molecule has 0 aromatic heterocycles. The van der Waals surface area contributed by atoms with E-state index >= 15 is 0 Å². The molecular weight excluding hydrogens is 180 g/mol. The van der Waals surface area contributed by atoms with E-state index in [0.717, 1.165) is 29.6 Å². The van der Waals surface area contributed by atoms with Crippen LogP contribution in [0.5, 0.6) is 0 Å². The van der Waals surface area contributed by atoms with E-state index in [1.165, 1.54) is 19.3 Å². The highest BCUT2D eigenvalue weighted by Crippen LogP contribution is 2.71. The summed E-state index contributed by atoms with van der Waals surface area (Å²) in [4.78, 5) is 0. The van der Waals surface area contributed by atoms with Crippen LogP contribution in [-0.2, 0) is 0 Å². The molecule has 2 fully saturated rings. The summed E-state index contributed by atoms with van der Waals surface area (Å²) in [6, 6.07) is 0. The van der Waals surface area contributed by atoms with E-state index in [9.17, 15) is 0 Å². The maximum absolute atomic E-state index is 2.56. The van der Waals surface area contributed by atoms with Crippen molar-refractivity contribution in [2.75, 3.05) is 0 Å². The van der Waals surface area contributed by atoms with Crippen molar-refractivity contribution in [3.8, 4) is 0 Å². The lowest BCUT2D eigenvalue weighted by Crippen LogP contribution is -2.63. The van der Waals surface area contributed by atoms with Crippen molar-refractivity contribution in [2.24, 2.45) is 35.0 Å². The highest BCUT2D eigenvalue weighted by atomic mass is 14.7. The average molecular weight is 204 g/mol. The van der Waals surface area contributed by atoms with Gasteiger partial charge in [-0.3, -0.25) is 0 Å². The first-order valence-electron chi connectivity index (χ1n) is 6.72. The molecule has 0 aromatic rings. The summed E-state index contributed by atoms with van der Waals surface area (Å²) in [7, 11) is 0. The predicted molar refractivity (Wildman–Crippen MR) is 64.5 cm³/mol. The predicted octanol–water partition coefficient (Wildman–Crippen LogP) is 4.27. The van der Waals surface area contributed by atoms with E-state index in [1.807, 2.05) is 0 Å². The highest BCUT2D eigenvalue weighted by molar-refractivity contribution is 5.28. The monoisotopic (exact) mass is 204 g/mol. The summed E-state index contributed by atoms with van der Waals surface area (Å²) in [6.45, 7) is 9.81. The Kier molecular flexibility index (Phi) is 1.92. The SMILES string of the molecule is CC1=CC[C@@H]2C3C(C(C)C)CCC2(C)[C@@H]13. The molecule has 15 heavy (non-hydrogen) atoms. The second-order valence-electron chi connectivity index (χ2n) is 6.80. The van der Waals surface area contributed by atoms with Crippen LogP contribution in [-0.4, -0.2) is 0 Å². The van der Waals surface area contributed by atoms with Crippen LogP contribution in [0.15, 0.2) is 11.6 Å². The van der Waals surface area contributed by atoms with Crippen molar-refractivity contribution in [1.82, 2.24) is 0 Å². The molecule has 4 aliphatic carbocycles. The normalized spacial score (nSPS) is 52.5. The average Bonchev–Trinajstić information content (AvgIpc) is 2.17. The van der Waals surface area contributed by atoms with Crippen molar-refractivity contribution in [2.45, 2.75) is 47.0 Å². The summed E-state index contributed by atoms with van der Waals surface area (Å²) in [5.41, 5.74) is 2.42. The first-order chi connectivity index (χ1) is 7.05. The molecule has 0 nitrogen and oxygen atoms in total. The first kappa shape index (κ1) is 9.93. The molecule has 0 radical (unpaired) electrons. The highest BCUT2D eigenvalue weighted by Gasteiger charge is 2.64. The molecular formula is C15H24. The Labute approximate surface area is 94.1 Å². The Bertz CT molecular complexity index is 312. The molecule has 0 N–H and O–H groups in total. The van der Waals surface area contributed by atoms with Gasteiger partial charge in [0.15, 0.2) is 0 Å². The Hall–Kier alpha value is -0.260. The van der Waals surface area contributed by atoms with Gasteiger partial charge in [-0.2, -0.15) is 0 Å². The van der Waals surface area contributed by atoms with Crippen LogP contribution in [0.1, 0.15) is 47.0 Å². The molecule has 0 heteroatoms. The van der Waals surface area contributed by atoms with Gasteiger partial charge >= 0.3 is 0 Å². The fourth-order valence-electron chi connectivity index (χ4n) is 5.25. The third-order valence-corrected chi connectivity index (χ3v) is 5.96. The Morgan fingerprint density at radius 3 is 2.73 bits per heavy atom. The molecule has 4 bridgehead atoms. The maximum Gasteiger partial charge on any atom is -0.0115 e. The molecule has 0 heterocycles. The molecule has 2 saturated carbocycles. The lowest BCUT2D eigenvalue weighted by molar-refractivity contribution is -0.181. The maximum atomic E-state index is 2.56. The zero-order valence-corrected chi connectivity index (χ0v) is 10.6. The molecule has 0 aromatic carbocycles. The zero-order chi connectivity index (χ0) is 10.8. The van der Waals surface area contributed by atoms with Gasteiger partial charge in [-0.1, -0.05) is 32.4 Å². The van der Waals surface area contributed by atoms with Crippen molar-refractivity contribution < 1.29 is 0 Å². The van der Waals surface area contributed by atoms with E-state index in [-0.39, 0.29) is 0 Å². The Morgan fingerprint density at radius 1 is 1.40 bits per heavy atom. The molecule has 3 unspecified atom stereocenters. The van der Waals surface area contributed by atoms with Gasteiger partial charge in [-0.05, 0) is 61.2 Å². The number of hydrogen-bond acceptors (Lipinski definition) is 0. The largest absolute Gasteiger partial charge is 0.0850 e. The van der Waals surface area contributed by atoms with Gasteiger partial charge in [-0.25, -0.2) is 0 Å². The van der Waals surface area contributed by atoms with Crippen LogP contribution in [0.3, 0.4) is 0 Å². The minimum Gasteiger partial charge on any atom is -0.0850 e. The third kappa shape index (κ3) is 1.04. The smallest absolute Gasteiger partial charge is 0.0115 e. The fraction of sp³-hybridized carbons (Fsp3) is 0.867. The van der Waals surface area contributed by atoms with Crippen LogP contribution >= 0.6 is 0 Å². The van der Waals surface area contributed by atoms with Crippen molar-refractivity contribution in [1.29, 1.82) is 0 Å². The number of hydrogen-bond donors (Lipinski definition) is 0. The van der Waals surface area contributed by atoms with Crippen LogP contribution < -0.4 is 0 Å².